The van der Waals surface area contributed by atoms with Crippen molar-refractivity contribution in [2.24, 2.45) is 7.05 Å². The lowest BCUT2D eigenvalue weighted by Gasteiger charge is -2.41. The molecule has 0 saturated heterocycles. The molecule has 12 rings (SSSR count). The third-order valence-electron chi connectivity index (χ3n) is 17.7. The standard InChI is InChI=1S/C73H80BN4/c1-43(2)53-24-21-25-54(44(3)4)67(53)78-63-36-46(26-33-62(63)75(18)69(78)55-23-20-19-22-45(55)5)47-37-64-66-65(38-47)77-60-34-29-49(71(9,10)11)39-56(60)57-40-51(73(15,16)17)42-59(68(57)77)74(66)58-41-50(72(12,13)14)30-35-61(58)76(64)52-31-27-48(28-32-52)70(6,7)8/h19-44H,1-18H3/q+1. The molecule has 4 heterocycles. The fourth-order valence-electron chi connectivity index (χ4n) is 13.1. The minimum absolute atomic E-state index is 0.00688. The third kappa shape index (κ3) is 8.03. The lowest BCUT2D eigenvalue weighted by atomic mass is 9.33. The second-order valence-electron chi connectivity index (χ2n) is 27.9. The van der Waals surface area contributed by atoms with Crippen molar-refractivity contribution in [2.45, 2.75) is 151 Å². The molecular weight excluding hydrogens is 944 g/mol. The van der Waals surface area contributed by atoms with Crippen LogP contribution in [0.2, 0.25) is 0 Å². The van der Waals surface area contributed by atoms with Gasteiger partial charge in [-0.15, -0.1) is 0 Å². The molecule has 0 unspecified atom stereocenters. The van der Waals surface area contributed by atoms with Crippen LogP contribution < -0.4 is 25.9 Å². The first-order valence-electron chi connectivity index (χ1n) is 28.8. The average molecular weight is 1020 g/mol. The fourth-order valence-corrected chi connectivity index (χ4v) is 13.1. The number of fused-ring (bicyclic) bond motifs is 8. The zero-order valence-electron chi connectivity index (χ0n) is 49.9. The highest BCUT2D eigenvalue weighted by atomic mass is 15.2. The molecule has 0 atom stereocenters. The molecule has 0 bridgehead atoms. The van der Waals surface area contributed by atoms with Crippen molar-refractivity contribution in [3.8, 4) is 33.9 Å². The summed E-state index contributed by atoms with van der Waals surface area (Å²) in [7, 11) is 2.26. The lowest BCUT2D eigenvalue weighted by Crippen LogP contribution is -2.60. The molecule has 4 nitrogen and oxygen atoms in total. The smallest absolute Gasteiger partial charge is 0.295 e. The van der Waals surface area contributed by atoms with E-state index in [1.54, 1.807) is 0 Å². The SMILES string of the molecule is Cc1ccccc1-c1n(-c2c(C(C)C)cccc2C(C)C)c2cc(-c3cc4c5c(c3)-n3c6ccc(C(C)(C)C)cc6c6cc(C(C)(C)C)cc(c63)B5c3cc(C(C)(C)C)ccc3N4c3ccc(C(C)(C)C)cc3)ccc2[n+]1C. The Kier molecular flexibility index (Phi) is 11.7. The van der Waals surface area contributed by atoms with Crippen LogP contribution in [0.3, 0.4) is 0 Å². The molecule has 0 radical (unpaired) electrons. The molecule has 0 saturated carbocycles. The Morgan fingerprint density at radius 1 is 0.462 bits per heavy atom. The summed E-state index contributed by atoms with van der Waals surface area (Å²) >= 11 is 0. The molecule has 78 heavy (non-hydrogen) atoms. The maximum Gasteiger partial charge on any atom is 0.295 e. The molecule has 0 N–H and O–H groups in total. The van der Waals surface area contributed by atoms with Gasteiger partial charge in [0.05, 0.1) is 18.1 Å². The van der Waals surface area contributed by atoms with Crippen LogP contribution in [0.1, 0.15) is 162 Å². The first-order valence-corrected chi connectivity index (χ1v) is 28.8. The first-order chi connectivity index (χ1) is 36.7. The number of anilines is 3. The topological polar surface area (TPSA) is 17.0 Å². The molecule has 0 amide bonds. The summed E-state index contributed by atoms with van der Waals surface area (Å²) in [5, 5.41) is 2.66. The summed E-state index contributed by atoms with van der Waals surface area (Å²) in [5.41, 5.74) is 28.2. The van der Waals surface area contributed by atoms with Gasteiger partial charge in [-0.1, -0.05) is 184 Å². The van der Waals surface area contributed by atoms with E-state index in [-0.39, 0.29) is 28.4 Å². The van der Waals surface area contributed by atoms with Crippen molar-refractivity contribution in [1.29, 1.82) is 0 Å². The van der Waals surface area contributed by atoms with Crippen molar-refractivity contribution in [3.63, 3.8) is 0 Å². The molecule has 2 aliphatic rings. The first kappa shape index (κ1) is 51.6. The van der Waals surface area contributed by atoms with Gasteiger partial charge in [-0.2, -0.15) is 4.57 Å². The predicted molar refractivity (Wildman–Crippen MR) is 337 cm³/mol. The fraction of sp³-hybridized carbons (Fsp3) is 0.329. The van der Waals surface area contributed by atoms with Crippen LogP contribution in [0.4, 0.5) is 17.1 Å². The van der Waals surface area contributed by atoms with Gasteiger partial charge in [-0.25, -0.2) is 4.57 Å². The number of imidazole rings is 1. The van der Waals surface area contributed by atoms with Gasteiger partial charge in [0.25, 0.3) is 12.5 Å². The summed E-state index contributed by atoms with van der Waals surface area (Å²) in [6.45, 7) is 39.8. The van der Waals surface area contributed by atoms with E-state index >= 15 is 0 Å². The van der Waals surface area contributed by atoms with E-state index in [1.807, 2.05) is 0 Å². The zero-order valence-corrected chi connectivity index (χ0v) is 49.9. The van der Waals surface area contributed by atoms with Gasteiger partial charge in [0.15, 0.2) is 11.0 Å². The number of para-hydroxylation sites is 1. The number of benzene rings is 8. The maximum absolute atomic E-state index is 2.67. The zero-order chi connectivity index (χ0) is 55.4. The van der Waals surface area contributed by atoms with Gasteiger partial charge >= 0.3 is 0 Å². The average Bonchev–Trinajstić information content (AvgIpc) is 4.09. The van der Waals surface area contributed by atoms with Gasteiger partial charge in [0.2, 0.25) is 0 Å². The van der Waals surface area contributed by atoms with E-state index in [0.29, 0.717) is 11.8 Å². The molecule has 394 valence electrons. The maximum atomic E-state index is 2.67. The molecule has 2 aliphatic heterocycles. The van der Waals surface area contributed by atoms with E-state index in [2.05, 4.69) is 289 Å². The van der Waals surface area contributed by atoms with Gasteiger partial charge in [0.1, 0.15) is 5.69 Å². The van der Waals surface area contributed by atoms with Crippen LogP contribution in [0, 0.1) is 6.92 Å². The van der Waals surface area contributed by atoms with Crippen molar-refractivity contribution in [1.82, 2.24) is 9.13 Å². The minimum Gasteiger partial charge on any atom is -0.311 e. The predicted octanol–water partition coefficient (Wildman–Crippen LogP) is 17.2. The van der Waals surface area contributed by atoms with Crippen molar-refractivity contribution in [2.75, 3.05) is 4.90 Å². The van der Waals surface area contributed by atoms with Crippen LogP contribution in [0.15, 0.2) is 146 Å². The van der Waals surface area contributed by atoms with Gasteiger partial charge < -0.3 is 9.47 Å². The van der Waals surface area contributed by atoms with Crippen LogP contribution in [0.25, 0.3) is 66.7 Å². The summed E-state index contributed by atoms with van der Waals surface area (Å²) in [6.07, 6.45) is 0. The highest BCUT2D eigenvalue weighted by Gasteiger charge is 2.44. The largest absolute Gasteiger partial charge is 0.311 e. The number of aryl methyl sites for hydroxylation is 2. The summed E-state index contributed by atoms with van der Waals surface area (Å²) in [5.74, 6) is 1.82. The third-order valence-corrected chi connectivity index (χ3v) is 17.7. The molecule has 5 heteroatoms. The second kappa shape index (κ2) is 17.7. The Morgan fingerprint density at radius 2 is 1.04 bits per heavy atom. The van der Waals surface area contributed by atoms with Gasteiger partial charge in [-0.05, 0) is 169 Å². The Labute approximate surface area is 465 Å². The van der Waals surface area contributed by atoms with Crippen molar-refractivity contribution >= 4 is 73.0 Å². The monoisotopic (exact) mass is 1020 g/mol. The molecule has 0 aliphatic carbocycles. The number of hydrogen-bond donors (Lipinski definition) is 0. The van der Waals surface area contributed by atoms with Crippen molar-refractivity contribution in [3.05, 3.63) is 185 Å². The Hall–Kier alpha value is -7.11. The molecular formula is C73H80BN4+. The molecule has 10 aromatic rings. The van der Waals surface area contributed by atoms with Gasteiger partial charge in [-0.3, -0.25) is 0 Å². The molecule has 0 spiro atoms. The number of aromatic nitrogens is 3. The van der Waals surface area contributed by atoms with E-state index in [1.165, 1.54) is 139 Å². The van der Waals surface area contributed by atoms with Crippen LogP contribution in [-0.2, 0) is 28.7 Å². The summed E-state index contributed by atoms with van der Waals surface area (Å²) < 4.78 is 7.73. The minimum atomic E-state index is -0.0725. The van der Waals surface area contributed by atoms with Crippen LogP contribution >= 0.6 is 0 Å². The molecule has 0 fully saturated rings. The van der Waals surface area contributed by atoms with Crippen molar-refractivity contribution < 1.29 is 4.57 Å². The van der Waals surface area contributed by atoms with E-state index in [9.17, 15) is 0 Å². The Bertz CT molecular complexity index is 4060. The lowest BCUT2D eigenvalue weighted by molar-refractivity contribution is -0.633. The Morgan fingerprint density at radius 3 is 1.67 bits per heavy atom. The van der Waals surface area contributed by atoms with Crippen LogP contribution in [-0.4, -0.2) is 15.8 Å². The number of rotatable bonds is 6. The summed E-state index contributed by atoms with van der Waals surface area (Å²) in [6, 6.07) is 57.6. The molecule has 8 aromatic carbocycles. The Balaban J connectivity index is 1.24. The van der Waals surface area contributed by atoms with Gasteiger partial charge in [0, 0.05) is 50.2 Å². The quantitative estimate of drug-likeness (QED) is 0.120. The van der Waals surface area contributed by atoms with E-state index in [0.717, 1.165) is 0 Å². The normalized spacial score (nSPS) is 13.7. The number of hydrogen-bond acceptors (Lipinski definition) is 1. The van der Waals surface area contributed by atoms with E-state index in [4.69, 9.17) is 0 Å². The van der Waals surface area contributed by atoms with E-state index < -0.39 is 0 Å². The highest BCUT2D eigenvalue weighted by Crippen LogP contribution is 2.47. The van der Waals surface area contributed by atoms with Crippen LogP contribution in [0.5, 0.6) is 0 Å². The summed E-state index contributed by atoms with van der Waals surface area (Å²) in [4.78, 5) is 2.61. The number of nitrogens with zero attached hydrogens (tertiary/aromatic N) is 4. The highest BCUT2D eigenvalue weighted by molar-refractivity contribution is 7.00. The second-order valence-corrected chi connectivity index (χ2v) is 27.9. The molecule has 2 aromatic heterocycles.